The average Bonchev–Trinajstić information content (AvgIpc) is 2.74. The molecule has 0 aromatic heterocycles. The summed E-state index contributed by atoms with van der Waals surface area (Å²) in [6.45, 7) is 1.99. The van der Waals surface area contributed by atoms with Crippen molar-refractivity contribution in [3.8, 4) is 5.75 Å². The van der Waals surface area contributed by atoms with Gasteiger partial charge in [-0.3, -0.25) is 4.79 Å². The zero-order chi connectivity index (χ0) is 15.6. The summed E-state index contributed by atoms with van der Waals surface area (Å²) >= 11 is 2.44. The number of alkyl halides is 2. The minimum absolute atomic E-state index is 0.116. The molecule has 0 amide bonds. The molecular formula is C18H20FIO2. The molecule has 3 unspecified atom stereocenters. The standard InChI is InChI=1S/C18H20FIO2/c1-18-8-13(19)16-11-3-2-10(21)6-9(11)7-14(20)17(16)12(18)4-5-15(18)22/h2-3,6,12-14,16-17,21H,4-5,7-8H2,1H3/t12?,13-,14+,16?,17?,18-/m0/s1. The van der Waals surface area contributed by atoms with Gasteiger partial charge in [-0.05, 0) is 54.4 Å². The summed E-state index contributed by atoms with van der Waals surface area (Å²) in [6.07, 6.45) is 1.79. The van der Waals surface area contributed by atoms with Gasteiger partial charge in [-0.25, -0.2) is 4.39 Å². The molecule has 3 aliphatic rings. The Morgan fingerprint density at radius 3 is 2.95 bits per heavy atom. The van der Waals surface area contributed by atoms with E-state index in [0.29, 0.717) is 22.7 Å². The van der Waals surface area contributed by atoms with E-state index in [9.17, 15) is 9.90 Å². The lowest BCUT2D eigenvalue weighted by molar-refractivity contribution is -0.131. The molecule has 0 bridgehead atoms. The molecule has 0 aliphatic heterocycles. The quantitative estimate of drug-likeness (QED) is 0.511. The van der Waals surface area contributed by atoms with Gasteiger partial charge >= 0.3 is 0 Å². The lowest BCUT2D eigenvalue weighted by Crippen LogP contribution is -2.51. The fourth-order valence-electron chi connectivity index (χ4n) is 5.32. The number of phenols is 1. The van der Waals surface area contributed by atoms with Crippen molar-refractivity contribution >= 4 is 28.4 Å². The van der Waals surface area contributed by atoms with Crippen LogP contribution in [-0.2, 0) is 11.2 Å². The van der Waals surface area contributed by atoms with Gasteiger partial charge in [0, 0.05) is 21.7 Å². The summed E-state index contributed by atoms with van der Waals surface area (Å²) in [5, 5.41) is 9.72. The van der Waals surface area contributed by atoms with Crippen molar-refractivity contribution in [2.45, 2.75) is 48.6 Å². The molecular weight excluding hydrogens is 394 g/mol. The first-order chi connectivity index (χ1) is 10.4. The first kappa shape index (κ1) is 14.9. The van der Waals surface area contributed by atoms with Crippen LogP contribution in [0.4, 0.5) is 4.39 Å². The van der Waals surface area contributed by atoms with Gasteiger partial charge in [-0.2, -0.15) is 0 Å². The molecule has 2 saturated carbocycles. The van der Waals surface area contributed by atoms with Crippen LogP contribution >= 0.6 is 22.6 Å². The van der Waals surface area contributed by atoms with Crippen LogP contribution in [0.5, 0.6) is 5.75 Å². The van der Waals surface area contributed by atoms with Crippen LogP contribution in [-0.4, -0.2) is 21.0 Å². The Kier molecular flexibility index (Phi) is 3.34. The Morgan fingerprint density at radius 1 is 1.41 bits per heavy atom. The van der Waals surface area contributed by atoms with Crippen LogP contribution in [0.25, 0.3) is 0 Å². The third kappa shape index (κ3) is 1.91. The number of fused-ring (bicyclic) bond motifs is 5. The van der Waals surface area contributed by atoms with Gasteiger partial charge in [0.15, 0.2) is 0 Å². The second-order valence-corrected chi connectivity index (χ2v) is 9.01. The van der Waals surface area contributed by atoms with Gasteiger partial charge < -0.3 is 5.11 Å². The molecule has 6 atom stereocenters. The molecule has 1 aromatic rings. The number of benzene rings is 1. The highest BCUT2D eigenvalue weighted by molar-refractivity contribution is 14.1. The summed E-state index contributed by atoms with van der Waals surface area (Å²) in [4.78, 5) is 12.3. The largest absolute Gasteiger partial charge is 0.508 e. The minimum atomic E-state index is -0.964. The summed E-state index contributed by atoms with van der Waals surface area (Å²) < 4.78 is 15.4. The molecule has 2 nitrogen and oxygen atoms in total. The van der Waals surface area contributed by atoms with E-state index in [2.05, 4.69) is 22.6 Å². The van der Waals surface area contributed by atoms with E-state index in [1.54, 1.807) is 12.1 Å². The van der Waals surface area contributed by atoms with Crippen molar-refractivity contribution in [3.05, 3.63) is 29.3 Å². The van der Waals surface area contributed by atoms with Crippen molar-refractivity contribution in [2.75, 3.05) is 0 Å². The van der Waals surface area contributed by atoms with Crippen LogP contribution in [0.2, 0.25) is 0 Å². The smallest absolute Gasteiger partial charge is 0.139 e. The number of phenolic OH excluding ortho intramolecular Hbond substituents is 1. The number of Topliss-reactive ketones (excluding diaryl/α,β-unsaturated/α-hetero) is 1. The molecule has 22 heavy (non-hydrogen) atoms. The summed E-state index contributed by atoms with van der Waals surface area (Å²) in [6, 6.07) is 5.36. The molecule has 4 rings (SSSR count). The molecule has 0 saturated heterocycles. The minimum Gasteiger partial charge on any atom is -0.508 e. The first-order valence-electron chi connectivity index (χ1n) is 8.05. The Balaban J connectivity index is 1.82. The lowest BCUT2D eigenvalue weighted by Gasteiger charge is -2.51. The van der Waals surface area contributed by atoms with Gasteiger partial charge in [0.1, 0.15) is 17.7 Å². The maximum absolute atomic E-state index is 15.1. The molecule has 0 radical (unpaired) electrons. The van der Waals surface area contributed by atoms with Crippen LogP contribution in [0.3, 0.4) is 0 Å². The van der Waals surface area contributed by atoms with E-state index in [-0.39, 0.29) is 23.4 Å². The fraction of sp³-hybridized carbons (Fsp3) is 0.611. The van der Waals surface area contributed by atoms with Crippen molar-refractivity contribution in [1.29, 1.82) is 0 Å². The van der Waals surface area contributed by atoms with Crippen molar-refractivity contribution in [1.82, 2.24) is 0 Å². The van der Waals surface area contributed by atoms with Crippen LogP contribution in [0.15, 0.2) is 18.2 Å². The number of ketones is 1. The third-order valence-corrected chi connectivity index (χ3v) is 7.61. The number of carbonyl (C=O) groups is 1. The zero-order valence-corrected chi connectivity index (χ0v) is 14.7. The zero-order valence-electron chi connectivity index (χ0n) is 12.6. The summed E-state index contributed by atoms with van der Waals surface area (Å²) in [7, 11) is 0. The van der Waals surface area contributed by atoms with Crippen molar-refractivity contribution < 1.29 is 14.3 Å². The predicted octanol–water partition coefficient (Wildman–Crippen LogP) is 4.18. The fourth-order valence-corrected chi connectivity index (χ4v) is 6.75. The highest BCUT2D eigenvalue weighted by Gasteiger charge is 2.59. The first-order valence-corrected chi connectivity index (χ1v) is 9.29. The number of hydrogen-bond acceptors (Lipinski definition) is 2. The summed E-state index contributed by atoms with van der Waals surface area (Å²) in [5.74, 6) is 0.945. The normalized spacial score (nSPS) is 43.4. The third-order valence-electron chi connectivity index (χ3n) is 6.34. The van der Waals surface area contributed by atoms with E-state index in [1.165, 1.54) is 0 Å². The maximum atomic E-state index is 15.1. The summed E-state index contributed by atoms with van der Waals surface area (Å²) in [5.41, 5.74) is 1.68. The van der Waals surface area contributed by atoms with Gasteiger partial charge in [0.05, 0.1) is 0 Å². The highest BCUT2D eigenvalue weighted by atomic mass is 127. The number of aromatic hydroxyl groups is 1. The Morgan fingerprint density at radius 2 is 2.18 bits per heavy atom. The monoisotopic (exact) mass is 414 g/mol. The second-order valence-electron chi connectivity index (χ2n) is 7.41. The SMILES string of the molecule is C[C@]12C[C@H](F)C3c4ccc(O)cc4C[C@@H](I)C3C1CCC2=O. The topological polar surface area (TPSA) is 37.3 Å². The van der Waals surface area contributed by atoms with Gasteiger partial charge in [0.2, 0.25) is 0 Å². The number of halogens is 2. The van der Waals surface area contributed by atoms with Gasteiger partial charge in [0.25, 0.3) is 0 Å². The molecule has 3 aliphatic carbocycles. The molecule has 0 spiro atoms. The molecule has 2 fully saturated rings. The number of rotatable bonds is 0. The van der Waals surface area contributed by atoms with Gasteiger partial charge in [-0.15, -0.1) is 0 Å². The van der Waals surface area contributed by atoms with Crippen molar-refractivity contribution in [3.63, 3.8) is 0 Å². The average molecular weight is 414 g/mol. The van der Waals surface area contributed by atoms with Gasteiger partial charge in [-0.1, -0.05) is 35.6 Å². The molecule has 0 heterocycles. The highest BCUT2D eigenvalue weighted by Crippen LogP contribution is 2.61. The predicted molar refractivity (Wildman–Crippen MR) is 91.2 cm³/mol. The molecule has 1 N–H and O–H groups in total. The number of hydrogen-bond donors (Lipinski definition) is 1. The van der Waals surface area contributed by atoms with E-state index in [0.717, 1.165) is 24.0 Å². The Bertz CT molecular complexity index is 646. The Labute approximate surface area is 143 Å². The maximum Gasteiger partial charge on any atom is 0.139 e. The van der Waals surface area contributed by atoms with Crippen molar-refractivity contribution in [2.24, 2.45) is 17.3 Å². The van der Waals surface area contributed by atoms with Crippen LogP contribution in [0, 0.1) is 17.3 Å². The molecule has 118 valence electrons. The molecule has 4 heteroatoms. The van der Waals surface area contributed by atoms with E-state index in [4.69, 9.17) is 0 Å². The lowest BCUT2D eigenvalue weighted by atomic mass is 9.55. The number of carbonyl (C=O) groups excluding carboxylic acids is 1. The Hall–Kier alpha value is -0.650. The van der Waals surface area contributed by atoms with E-state index >= 15 is 4.39 Å². The second kappa shape index (κ2) is 4.92. The molecule has 1 aromatic carbocycles. The van der Waals surface area contributed by atoms with Crippen LogP contribution in [0.1, 0.15) is 43.2 Å². The van der Waals surface area contributed by atoms with E-state index < -0.39 is 11.6 Å². The van der Waals surface area contributed by atoms with Crippen LogP contribution < -0.4 is 0 Å². The van der Waals surface area contributed by atoms with E-state index in [1.807, 2.05) is 13.0 Å².